The van der Waals surface area contributed by atoms with E-state index in [9.17, 15) is 8.42 Å². The maximum Gasteiger partial charge on any atom is 0.212 e. The molecule has 5 nitrogen and oxygen atoms in total. The first-order chi connectivity index (χ1) is 8.09. The van der Waals surface area contributed by atoms with Crippen molar-refractivity contribution < 1.29 is 13.2 Å². The van der Waals surface area contributed by atoms with Gasteiger partial charge in [-0.15, -0.1) is 0 Å². The van der Waals surface area contributed by atoms with Crippen molar-refractivity contribution in [1.29, 1.82) is 0 Å². The Balaban J connectivity index is 1.86. The van der Waals surface area contributed by atoms with E-state index in [-0.39, 0.29) is 11.8 Å². The molecule has 0 bridgehead atoms. The first-order valence-corrected chi connectivity index (χ1v) is 7.34. The van der Waals surface area contributed by atoms with Crippen LogP contribution in [0.15, 0.2) is 18.3 Å². The van der Waals surface area contributed by atoms with Crippen LogP contribution in [0.1, 0.15) is 12.0 Å². The smallest absolute Gasteiger partial charge is 0.212 e. The maximum atomic E-state index is 11.3. The molecule has 1 aliphatic heterocycles. The van der Waals surface area contributed by atoms with Crippen LogP contribution < -0.4 is 10.1 Å². The molecule has 1 saturated heterocycles. The predicted molar refractivity (Wildman–Crippen MR) is 64.7 cm³/mol. The van der Waals surface area contributed by atoms with Crippen LogP contribution >= 0.6 is 0 Å². The minimum Gasteiger partial charge on any atom is -0.481 e. The van der Waals surface area contributed by atoms with Crippen LogP contribution in [0, 0.1) is 0 Å². The molecule has 1 N–H and O–H groups in total. The molecule has 1 aromatic rings. The highest BCUT2D eigenvalue weighted by Crippen LogP contribution is 2.12. The van der Waals surface area contributed by atoms with Gasteiger partial charge >= 0.3 is 0 Å². The SMILES string of the molecule is COc1ccc(CNC2CCS(=O)(=O)C2)cn1. The van der Waals surface area contributed by atoms with Crippen LogP contribution in [-0.2, 0) is 16.4 Å². The third kappa shape index (κ3) is 3.41. The van der Waals surface area contributed by atoms with Crippen LogP contribution in [0.3, 0.4) is 0 Å². The highest BCUT2D eigenvalue weighted by molar-refractivity contribution is 7.91. The Hall–Kier alpha value is -1.14. The molecule has 2 heterocycles. The second-order valence-corrected chi connectivity index (χ2v) is 6.42. The average molecular weight is 256 g/mol. The summed E-state index contributed by atoms with van der Waals surface area (Å²) in [5, 5.41) is 3.23. The lowest BCUT2D eigenvalue weighted by Crippen LogP contribution is -2.29. The lowest BCUT2D eigenvalue weighted by atomic mass is 10.2. The van der Waals surface area contributed by atoms with Crippen molar-refractivity contribution in [1.82, 2.24) is 10.3 Å². The van der Waals surface area contributed by atoms with E-state index in [1.54, 1.807) is 19.4 Å². The van der Waals surface area contributed by atoms with Crippen LogP contribution in [0.5, 0.6) is 5.88 Å². The van der Waals surface area contributed by atoms with Gasteiger partial charge in [-0.05, 0) is 12.0 Å². The standard InChI is InChI=1S/C11H16N2O3S/c1-16-11-3-2-9(7-13-11)6-12-10-4-5-17(14,15)8-10/h2-3,7,10,12H,4-6,8H2,1H3. The second-order valence-electron chi connectivity index (χ2n) is 4.19. The van der Waals surface area contributed by atoms with Gasteiger partial charge in [-0.25, -0.2) is 13.4 Å². The number of sulfone groups is 1. The zero-order chi connectivity index (χ0) is 12.3. The summed E-state index contributed by atoms with van der Waals surface area (Å²) in [6, 6.07) is 3.78. The van der Waals surface area contributed by atoms with Crippen LogP contribution in [0.25, 0.3) is 0 Å². The van der Waals surface area contributed by atoms with Gasteiger partial charge < -0.3 is 10.1 Å². The van der Waals surface area contributed by atoms with Gasteiger partial charge in [0.15, 0.2) is 9.84 Å². The summed E-state index contributed by atoms with van der Waals surface area (Å²) in [7, 11) is -1.24. The topological polar surface area (TPSA) is 68.3 Å². The minimum absolute atomic E-state index is 0.0714. The van der Waals surface area contributed by atoms with Crippen molar-refractivity contribution >= 4 is 9.84 Å². The van der Waals surface area contributed by atoms with Crippen LogP contribution in [-0.4, -0.2) is 38.1 Å². The van der Waals surface area contributed by atoms with Crippen molar-refractivity contribution in [2.24, 2.45) is 0 Å². The molecule has 2 rings (SSSR count). The highest BCUT2D eigenvalue weighted by Gasteiger charge is 2.27. The lowest BCUT2D eigenvalue weighted by molar-refractivity contribution is 0.397. The van der Waals surface area contributed by atoms with Crippen LogP contribution in [0.2, 0.25) is 0 Å². The Morgan fingerprint density at radius 2 is 2.35 bits per heavy atom. The molecule has 1 fully saturated rings. The van der Waals surface area contributed by atoms with E-state index in [4.69, 9.17) is 4.74 Å². The molecule has 17 heavy (non-hydrogen) atoms. The molecule has 0 radical (unpaired) electrons. The van der Waals surface area contributed by atoms with E-state index in [1.807, 2.05) is 6.07 Å². The van der Waals surface area contributed by atoms with Crippen molar-refractivity contribution in [3.8, 4) is 5.88 Å². The molecule has 1 unspecified atom stereocenters. The van der Waals surface area contributed by atoms with Gasteiger partial charge in [0.2, 0.25) is 5.88 Å². The first-order valence-electron chi connectivity index (χ1n) is 5.52. The zero-order valence-corrected chi connectivity index (χ0v) is 10.5. The fraction of sp³-hybridized carbons (Fsp3) is 0.545. The summed E-state index contributed by atoms with van der Waals surface area (Å²) in [5.41, 5.74) is 1.02. The number of aromatic nitrogens is 1. The van der Waals surface area contributed by atoms with Crippen molar-refractivity contribution in [2.45, 2.75) is 19.0 Å². The number of nitrogens with zero attached hydrogens (tertiary/aromatic N) is 1. The van der Waals surface area contributed by atoms with Gasteiger partial charge in [0.05, 0.1) is 18.6 Å². The molecular formula is C11H16N2O3S. The summed E-state index contributed by atoms with van der Waals surface area (Å²) >= 11 is 0. The molecule has 0 amide bonds. The summed E-state index contributed by atoms with van der Waals surface area (Å²) in [4.78, 5) is 4.09. The minimum atomic E-state index is -2.81. The lowest BCUT2D eigenvalue weighted by Gasteiger charge is -2.10. The Morgan fingerprint density at radius 3 is 2.88 bits per heavy atom. The van der Waals surface area contributed by atoms with Gasteiger partial charge in [-0.3, -0.25) is 0 Å². The van der Waals surface area contributed by atoms with E-state index in [0.717, 1.165) is 5.56 Å². The number of methoxy groups -OCH3 is 1. The number of nitrogens with one attached hydrogen (secondary N) is 1. The van der Waals surface area contributed by atoms with Gasteiger partial charge in [0.1, 0.15) is 0 Å². The van der Waals surface area contributed by atoms with E-state index < -0.39 is 9.84 Å². The molecular weight excluding hydrogens is 240 g/mol. The fourth-order valence-electron chi connectivity index (χ4n) is 1.85. The molecule has 0 aliphatic carbocycles. The predicted octanol–water partition coefficient (Wildman–Crippen LogP) is 0.367. The number of hydrogen-bond acceptors (Lipinski definition) is 5. The molecule has 1 aliphatic rings. The second kappa shape index (κ2) is 5.01. The molecule has 0 saturated carbocycles. The monoisotopic (exact) mass is 256 g/mol. The molecule has 1 atom stereocenters. The van der Waals surface area contributed by atoms with E-state index in [1.165, 1.54) is 0 Å². The summed E-state index contributed by atoms with van der Waals surface area (Å²) in [6.45, 7) is 0.636. The third-order valence-corrected chi connectivity index (χ3v) is 4.60. The molecule has 94 valence electrons. The Kier molecular flexibility index (Phi) is 3.63. The van der Waals surface area contributed by atoms with E-state index in [2.05, 4.69) is 10.3 Å². The molecule has 6 heteroatoms. The summed E-state index contributed by atoms with van der Waals surface area (Å²) in [6.07, 6.45) is 2.43. The van der Waals surface area contributed by atoms with E-state index >= 15 is 0 Å². The van der Waals surface area contributed by atoms with Crippen molar-refractivity contribution in [2.75, 3.05) is 18.6 Å². The largest absolute Gasteiger partial charge is 0.481 e. The van der Waals surface area contributed by atoms with E-state index in [0.29, 0.717) is 24.6 Å². The van der Waals surface area contributed by atoms with Crippen molar-refractivity contribution in [3.05, 3.63) is 23.9 Å². The number of rotatable bonds is 4. The molecule has 1 aromatic heterocycles. The fourth-order valence-corrected chi connectivity index (χ4v) is 3.56. The number of pyridine rings is 1. The van der Waals surface area contributed by atoms with Gasteiger partial charge in [0.25, 0.3) is 0 Å². The van der Waals surface area contributed by atoms with Gasteiger partial charge in [-0.2, -0.15) is 0 Å². The molecule has 0 spiro atoms. The number of hydrogen-bond donors (Lipinski definition) is 1. The van der Waals surface area contributed by atoms with Gasteiger partial charge in [-0.1, -0.05) is 6.07 Å². The van der Waals surface area contributed by atoms with Gasteiger partial charge in [0, 0.05) is 24.8 Å². The first kappa shape index (κ1) is 12.3. The highest BCUT2D eigenvalue weighted by atomic mass is 32.2. The normalized spacial score (nSPS) is 22.5. The van der Waals surface area contributed by atoms with Crippen molar-refractivity contribution in [3.63, 3.8) is 0 Å². The van der Waals surface area contributed by atoms with Crippen LogP contribution in [0.4, 0.5) is 0 Å². The zero-order valence-electron chi connectivity index (χ0n) is 9.72. The summed E-state index contributed by atoms with van der Waals surface area (Å²) in [5.74, 6) is 1.12. The Labute approximate surface area is 101 Å². The molecule has 0 aromatic carbocycles. The Morgan fingerprint density at radius 1 is 1.53 bits per heavy atom. The quantitative estimate of drug-likeness (QED) is 0.843. The average Bonchev–Trinajstić information content (AvgIpc) is 2.67. The maximum absolute atomic E-state index is 11.3. The third-order valence-electron chi connectivity index (χ3n) is 2.83. The Bertz CT molecular complexity index is 470. The summed E-state index contributed by atoms with van der Waals surface area (Å²) < 4.78 is 27.5. The number of ether oxygens (including phenoxy) is 1.